The molecule has 4 heteroatoms. The molecule has 1 aromatic heterocycles. The minimum atomic E-state index is 0.531. The first kappa shape index (κ1) is 13.3. The van der Waals surface area contributed by atoms with Gasteiger partial charge in [-0.2, -0.15) is 0 Å². The first-order valence-electron chi connectivity index (χ1n) is 6.44. The molecule has 1 heterocycles. The van der Waals surface area contributed by atoms with Crippen LogP contribution in [-0.2, 0) is 6.42 Å². The van der Waals surface area contributed by atoms with Crippen LogP contribution < -0.4 is 10.1 Å². The highest BCUT2D eigenvalue weighted by Gasteiger charge is 2.05. The van der Waals surface area contributed by atoms with E-state index in [1.807, 2.05) is 19.1 Å². The van der Waals surface area contributed by atoms with E-state index in [4.69, 9.17) is 4.74 Å². The fraction of sp³-hybridized carbons (Fsp3) is 0.500. The van der Waals surface area contributed by atoms with Crippen LogP contribution in [0, 0.1) is 0 Å². The number of thiazole rings is 1. The van der Waals surface area contributed by atoms with Crippen LogP contribution in [0.5, 0.6) is 5.75 Å². The monoisotopic (exact) mass is 264 g/mol. The predicted molar refractivity (Wildman–Crippen MR) is 77.6 cm³/mol. The highest BCUT2D eigenvalue weighted by atomic mass is 32.1. The summed E-state index contributed by atoms with van der Waals surface area (Å²) >= 11 is 1.76. The molecule has 0 spiro atoms. The van der Waals surface area contributed by atoms with Crippen LogP contribution in [0.3, 0.4) is 0 Å². The van der Waals surface area contributed by atoms with E-state index in [1.54, 1.807) is 11.3 Å². The minimum Gasteiger partial charge on any atom is -0.494 e. The van der Waals surface area contributed by atoms with E-state index in [-0.39, 0.29) is 0 Å². The average Bonchev–Trinajstić information content (AvgIpc) is 2.71. The standard InChI is InChI=1S/C14H20N2OS/c1-4-17-11-5-6-12-13(9-11)18-14(16-12)7-8-15-10(2)3/h5-6,9-10,15H,4,7-8H2,1-3H3. The molecule has 0 fully saturated rings. The lowest BCUT2D eigenvalue weighted by molar-refractivity contribution is 0.341. The topological polar surface area (TPSA) is 34.1 Å². The van der Waals surface area contributed by atoms with Gasteiger partial charge in [-0.15, -0.1) is 11.3 Å². The summed E-state index contributed by atoms with van der Waals surface area (Å²) in [6.45, 7) is 8.00. The summed E-state index contributed by atoms with van der Waals surface area (Å²) in [5.74, 6) is 0.931. The zero-order valence-corrected chi connectivity index (χ0v) is 12.0. The van der Waals surface area contributed by atoms with E-state index in [2.05, 4.69) is 30.2 Å². The van der Waals surface area contributed by atoms with Gasteiger partial charge in [-0.25, -0.2) is 4.98 Å². The van der Waals surface area contributed by atoms with Crippen molar-refractivity contribution in [2.45, 2.75) is 33.2 Å². The lowest BCUT2D eigenvalue weighted by Gasteiger charge is -2.05. The summed E-state index contributed by atoms with van der Waals surface area (Å²) in [4.78, 5) is 4.63. The fourth-order valence-corrected chi connectivity index (χ4v) is 2.78. The molecule has 0 saturated carbocycles. The summed E-state index contributed by atoms with van der Waals surface area (Å²) in [6.07, 6.45) is 0.988. The Morgan fingerprint density at radius 1 is 1.39 bits per heavy atom. The number of nitrogens with one attached hydrogen (secondary N) is 1. The SMILES string of the molecule is CCOc1ccc2nc(CCNC(C)C)sc2c1. The second kappa shape index (κ2) is 6.16. The highest BCUT2D eigenvalue weighted by Crippen LogP contribution is 2.26. The van der Waals surface area contributed by atoms with Crippen molar-refractivity contribution >= 4 is 21.6 Å². The predicted octanol–water partition coefficient (Wildman–Crippen LogP) is 3.24. The number of benzene rings is 1. The first-order valence-corrected chi connectivity index (χ1v) is 7.26. The second-order valence-corrected chi connectivity index (χ2v) is 5.64. The van der Waals surface area contributed by atoms with E-state index in [1.165, 1.54) is 9.71 Å². The Balaban J connectivity index is 2.07. The molecule has 0 aliphatic heterocycles. The molecule has 3 nitrogen and oxygen atoms in total. The van der Waals surface area contributed by atoms with Gasteiger partial charge < -0.3 is 10.1 Å². The molecule has 0 atom stereocenters. The maximum absolute atomic E-state index is 5.50. The minimum absolute atomic E-state index is 0.531. The Morgan fingerprint density at radius 2 is 2.22 bits per heavy atom. The number of aromatic nitrogens is 1. The van der Waals surface area contributed by atoms with Crippen molar-refractivity contribution in [1.29, 1.82) is 0 Å². The first-order chi connectivity index (χ1) is 8.69. The molecular weight excluding hydrogens is 244 g/mol. The van der Waals surface area contributed by atoms with Gasteiger partial charge in [0.1, 0.15) is 5.75 Å². The van der Waals surface area contributed by atoms with E-state index >= 15 is 0 Å². The molecule has 2 rings (SSSR count). The molecule has 0 aliphatic rings. The maximum atomic E-state index is 5.50. The Kier molecular flexibility index (Phi) is 4.55. The zero-order chi connectivity index (χ0) is 13.0. The molecule has 0 amide bonds. The Labute approximate surface area is 112 Å². The van der Waals surface area contributed by atoms with Gasteiger partial charge in [0.15, 0.2) is 0 Å². The second-order valence-electron chi connectivity index (χ2n) is 4.53. The molecule has 0 saturated heterocycles. The smallest absolute Gasteiger partial charge is 0.120 e. The van der Waals surface area contributed by atoms with Crippen molar-refractivity contribution in [3.05, 3.63) is 23.2 Å². The van der Waals surface area contributed by atoms with Gasteiger partial charge in [-0.3, -0.25) is 0 Å². The Hall–Kier alpha value is -1.13. The van der Waals surface area contributed by atoms with Crippen molar-refractivity contribution in [2.75, 3.05) is 13.2 Å². The molecule has 0 aliphatic carbocycles. The van der Waals surface area contributed by atoms with E-state index < -0.39 is 0 Å². The summed E-state index contributed by atoms with van der Waals surface area (Å²) in [5.41, 5.74) is 1.07. The Morgan fingerprint density at radius 3 is 2.94 bits per heavy atom. The molecule has 2 aromatic rings. The van der Waals surface area contributed by atoms with Gasteiger partial charge >= 0.3 is 0 Å². The molecule has 0 bridgehead atoms. The molecule has 0 radical (unpaired) electrons. The van der Waals surface area contributed by atoms with E-state index in [9.17, 15) is 0 Å². The summed E-state index contributed by atoms with van der Waals surface area (Å²) in [6, 6.07) is 6.64. The van der Waals surface area contributed by atoms with Crippen LogP contribution in [0.1, 0.15) is 25.8 Å². The van der Waals surface area contributed by atoms with Crippen molar-refractivity contribution in [3.8, 4) is 5.75 Å². The molecule has 0 unspecified atom stereocenters. The summed E-state index contributed by atoms with van der Waals surface area (Å²) < 4.78 is 6.71. The molecule has 1 N–H and O–H groups in total. The third-order valence-electron chi connectivity index (χ3n) is 2.61. The van der Waals surface area contributed by atoms with Crippen molar-refractivity contribution in [1.82, 2.24) is 10.3 Å². The van der Waals surface area contributed by atoms with Gasteiger partial charge in [-0.1, -0.05) is 13.8 Å². The van der Waals surface area contributed by atoms with Gasteiger partial charge in [-0.05, 0) is 25.1 Å². The molecule has 18 heavy (non-hydrogen) atoms. The summed E-state index contributed by atoms with van der Waals surface area (Å²) in [5, 5.41) is 4.60. The molecule has 98 valence electrons. The number of hydrogen-bond acceptors (Lipinski definition) is 4. The number of ether oxygens (including phenoxy) is 1. The quantitative estimate of drug-likeness (QED) is 0.869. The Bertz CT molecular complexity index is 507. The van der Waals surface area contributed by atoms with Crippen LogP contribution >= 0.6 is 11.3 Å². The van der Waals surface area contributed by atoms with Crippen molar-refractivity contribution in [3.63, 3.8) is 0 Å². The van der Waals surface area contributed by atoms with Crippen LogP contribution in [0.2, 0.25) is 0 Å². The van der Waals surface area contributed by atoms with Crippen LogP contribution in [0.25, 0.3) is 10.2 Å². The lowest BCUT2D eigenvalue weighted by atomic mass is 10.3. The molecular formula is C14H20N2OS. The van der Waals surface area contributed by atoms with E-state index in [0.717, 1.165) is 24.2 Å². The highest BCUT2D eigenvalue weighted by molar-refractivity contribution is 7.18. The van der Waals surface area contributed by atoms with Crippen molar-refractivity contribution < 1.29 is 4.74 Å². The molecule has 1 aromatic carbocycles. The van der Waals surface area contributed by atoms with Gasteiger partial charge in [0.05, 0.1) is 21.8 Å². The average molecular weight is 264 g/mol. The number of hydrogen-bond donors (Lipinski definition) is 1. The van der Waals surface area contributed by atoms with Crippen LogP contribution in [0.4, 0.5) is 0 Å². The van der Waals surface area contributed by atoms with Gasteiger partial charge in [0.2, 0.25) is 0 Å². The van der Waals surface area contributed by atoms with Crippen LogP contribution in [-0.4, -0.2) is 24.2 Å². The van der Waals surface area contributed by atoms with Gasteiger partial charge in [0, 0.05) is 19.0 Å². The zero-order valence-electron chi connectivity index (χ0n) is 11.2. The summed E-state index contributed by atoms with van der Waals surface area (Å²) in [7, 11) is 0. The van der Waals surface area contributed by atoms with Crippen molar-refractivity contribution in [2.24, 2.45) is 0 Å². The fourth-order valence-electron chi connectivity index (χ4n) is 1.78. The third-order valence-corrected chi connectivity index (χ3v) is 3.68. The van der Waals surface area contributed by atoms with E-state index in [0.29, 0.717) is 12.6 Å². The third kappa shape index (κ3) is 3.43. The largest absolute Gasteiger partial charge is 0.494 e. The number of fused-ring (bicyclic) bond motifs is 1. The van der Waals surface area contributed by atoms with Crippen LogP contribution in [0.15, 0.2) is 18.2 Å². The number of rotatable bonds is 6. The number of nitrogens with zero attached hydrogens (tertiary/aromatic N) is 1. The maximum Gasteiger partial charge on any atom is 0.120 e. The normalized spacial score (nSPS) is 11.3. The lowest BCUT2D eigenvalue weighted by Crippen LogP contribution is -2.24. The van der Waals surface area contributed by atoms with Gasteiger partial charge in [0.25, 0.3) is 0 Å².